The lowest BCUT2D eigenvalue weighted by molar-refractivity contribution is -0.136. The van der Waals surface area contributed by atoms with Gasteiger partial charge in [0.15, 0.2) is 11.4 Å². The van der Waals surface area contributed by atoms with Crippen LogP contribution in [0.2, 0.25) is 0 Å². The second-order valence-electron chi connectivity index (χ2n) is 8.49. The van der Waals surface area contributed by atoms with E-state index in [1.165, 1.54) is 0 Å². The van der Waals surface area contributed by atoms with Crippen LogP contribution in [-0.4, -0.2) is 21.4 Å². The van der Waals surface area contributed by atoms with Crippen molar-refractivity contribution in [3.8, 4) is 5.69 Å². The number of rotatable bonds is 6. The number of aliphatic hydroxyl groups is 1. The van der Waals surface area contributed by atoms with Gasteiger partial charge in [-0.05, 0) is 55.0 Å². The van der Waals surface area contributed by atoms with Crippen LogP contribution in [0.3, 0.4) is 0 Å². The predicted octanol–water partition coefficient (Wildman–Crippen LogP) is 4.79. The van der Waals surface area contributed by atoms with E-state index in [0.29, 0.717) is 23.4 Å². The van der Waals surface area contributed by atoms with Crippen molar-refractivity contribution in [2.45, 2.75) is 25.5 Å². The summed E-state index contributed by atoms with van der Waals surface area (Å²) in [7, 11) is 0. The Morgan fingerprint density at radius 1 is 0.879 bits per heavy atom. The monoisotopic (exact) mass is 436 g/mol. The maximum Gasteiger partial charge on any atom is 0.264 e. The summed E-state index contributed by atoms with van der Waals surface area (Å²) in [6.07, 6.45) is 3.54. The SMILES string of the molecule is Cc1ccc(CN2C(=O)[C@](O)(CC(=O)c3ccc(-n4cccc4)cc3)c3ccccc32)cc1. The molecule has 5 nitrogen and oxygen atoms in total. The van der Waals surface area contributed by atoms with Crippen LogP contribution in [0.15, 0.2) is 97.3 Å². The number of Topliss-reactive ketones (excluding diaryl/α,β-unsaturated/α-hetero) is 1. The molecule has 0 saturated carbocycles. The Bertz CT molecular complexity index is 1310. The number of anilines is 1. The number of ketones is 1. The van der Waals surface area contributed by atoms with E-state index in [2.05, 4.69) is 0 Å². The average Bonchev–Trinajstić information content (AvgIpc) is 3.44. The normalized spacial score (nSPS) is 17.3. The number of hydrogen-bond donors (Lipinski definition) is 1. The summed E-state index contributed by atoms with van der Waals surface area (Å²) >= 11 is 0. The summed E-state index contributed by atoms with van der Waals surface area (Å²) in [4.78, 5) is 28.1. The fraction of sp³-hybridized carbons (Fsp3) is 0.143. The molecule has 1 N–H and O–H groups in total. The van der Waals surface area contributed by atoms with E-state index < -0.39 is 11.5 Å². The molecule has 0 fully saturated rings. The number of nitrogens with zero attached hydrogens (tertiary/aromatic N) is 2. The van der Waals surface area contributed by atoms with Crippen molar-refractivity contribution in [2.24, 2.45) is 0 Å². The highest BCUT2D eigenvalue weighted by Crippen LogP contribution is 2.43. The van der Waals surface area contributed by atoms with Crippen molar-refractivity contribution >= 4 is 17.4 Å². The number of carbonyl (C=O) groups excluding carboxylic acids is 2. The van der Waals surface area contributed by atoms with E-state index in [-0.39, 0.29) is 12.2 Å². The average molecular weight is 437 g/mol. The van der Waals surface area contributed by atoms with Gasteiger partial charge in [0.2, 0.25) is 0 Å². The second kappa shape index (κ2) is 8.19. The zero-order chi connectivity index (χ0) is 23.0. The highest BCUT2D eigenvalue weighted by atomic mass is 16.3. The molecule has 33 heavy (non-hydrogen) atoms. The number of fused-ring (bicyclic) bond motifs is 1. The fourth-order valence-electron chi connectivity index (χ4n) is 4.37. The molecule has 0 bridgehead atoms. The summed E-state index contributed by atoms with van der Waals surface area (Å²) in [5.41, 5.74) is 2.71. The maximum atomic E-state index is 13.5. The van der Waals surface area contributed by atoms with Crippen LogP contribution in [0, 0.1) is 6.92 Å². The molecule has 164 valence electrons. The molecular formula is C28H24N2O3. The molecule has 1 amide bonds. The van der Waals surface area contributed by atoms with Crippen LogP contribution in [0.4, 0.5) is 5.69 Å². The molecule has 0 spiro atoms. The minimum Gasteiger partial charge on any atom is -0.375 e. The Balaban J connectivity index is 1.41. The molecule has 0 radical (unpaired) electrons. The maximum absolute atomic E-state index is 13.5. The lowest BCUT2D eigenvalue weighted by Gasteiger charge is -2.23. The lowest BCUT2D eigenvalue weighted by atomic mass is 9.88. The molecule has 1 atom stereocenters. The smallest absolute Gasteiger partial charge is 0.264 e. The van der Waals surface area contributed by atoms with Crippen LogP contribution in [-0.2, 0) is 16.9 Å². The minimum atomic E-state index is -1.89. The number of aromatic nitrogens is 1. The highest BCUT2D eigenvalue weighted by molar-refractivity contribution is 6.10. The topological polar surface area (TPSA) is 62.5 Å². The van der Waals surface area contributed by atoms with Gasteiger partial charge in [0, 0.05) is 29.2 Å². The van der Waals surface area contributed by atoms with Gasteiger partial charge in [0.25, 0.3) is 5.91 Å². The molecule has 1 aromatic heterocycles. The number of para-hydroxylation sites is 1. The molecule has 5 rings (SSSR count). The highest BCUT2D eigenvalue weighted by Gasteiger charge is 2.50. The van der Waals surface area contributed by atoms with E-state index in [4.69, 9.17) is 0 Å². The molecule has 0 saturated heterocycles. The van der Waals surface area contributed by atoms with Crippen molar-refractivity contribution in [1.82, 2.24) is 4.57 Å². The summed E-state index contributed by atoms with van der Waals surface area (Å²) < 4.78 is 1.95. The summed E-state index contributed by atoms with van der Waals surface area (Å²) in [5.74, 6) is -0.751. The number of carbonyl (C=O) groups is 2. The van der Waals surface area contributed by atoms with E-state index in [1.807, 2.05) is 84.5 Å². The first kappa shape index (κ1) is 20.9. The summed E-state index contributed by atoms with van der Waals surface area (Å²) in [5, 5.41) is 11.5. The number of amides is 1. The van der Waals surface area contributed by atoms with Gasteiger partial charge in [0.05, 0.1) is 18.7 Å². The predicted molar refractivity (Wildman–Crippen MR) is 127 cm³/mol. The molecule has 4 aromatic rings. The lowest BCUT2D eigenvalue weighted by Crippen LogP contribution is -2.41. The third-order valence-electron chi connectivity index (χ3n) is 6.21. The third kappa shape index (κ3) is 3.77. The van der Waals surface area contributed by atoms with Gasteiger partial charge in [-0.3, -0.25) is 9.59 Å². The van der Waals surface area contributed by atoms with E-state index >= 15 is 0 Å². The van der Waals surface area contributed by atoms with E-state index in [1.54, 1.807) is 29.2 Å². The largest absolute Gasteiger partial charge is 0.375 e. The quantitative estimate of drug-likeness (QED) is 0.442. The van der Waals surface area contributed by atoms with Gasteiger partial charge in [-0.1, -0.05) is 48.0 Å². The molecule has 5 heteroatoms. The van der Waals surface area contributed by atoms with Crippen LogP contribution >= 0.6 is 0 Å². The standard InChI is InChI=1S/C28H24N2O3/c1-20-8-10-21(11-9-20)19-30-25-7-3-2-6-24(25)28(33,27(30)32)18-26(31)22-12-14-23(15-13-22)29-16-4-5-17-29/h2-17,33H,18-19H2,1H3/t28-/m0/s1. The zero-order valence-electron chi connectivity index (χ0n) is 18.3. The minimum absolute atomic E-state index is 0.281. The molecule has 3 aromatic carbocycles. The van der Waals surface area contributed by atoms with Crippen molar-refractivity contribution in [2.75, 3.05) is 4.90 Å². The first-order valence-electron chi connectivity index (χ1n) is 10.9. The van der Waals surface area contributed by atoms with Crippen molar-refractivity contribution in [3.63, 3.8) is 0 Å². The van der Waals surface area contributed by atoms with Gasteiger partial charge in [0.1, 0.15) is 0 Å². The van der Waals surface area contributed by atoms with Crippen LogP contribution in [0.5, 0.6) is 0 Å². The summed E-state index contributed by atoms with van der Waals surface area (Å²) in [6.45, 7) is 2.34. The Hall–Kier alpha value is -3.96. The van der Waals surface area contributed by atoms with Crippen LogP contribution < -0.4 is 4.90 Å². The van der Waals surface area contributed by atoms with Crippen LogP contribution in [0.25, 0.3) is 5.69 Å². The van der Waals surface area contributed by atoms with E-state index in [0.717, 1.165) is 16.8 Å². The fourth-order valence-corrected chi connectivity index (χ4v) is 4.37. The third-order valence-corrected chi connectivity index (χ3v) is 6.21. The number of aryl methyl sites for hydroxylation is 1. The Kier molecular flexibility index (Phi) is 5.19. The van der Waals surface area contributed by atoms with Crippen molar-refractivity contribution in [1.29, 1.82) is 0 Å². The molecule has 0 unspecified atom stereocenters. The number of hydrogen-bond acceptors (Lipinski definition) is 3. The molecule has 0 aliphatic carbocycles. The summed E-state index contributed by atoms with van der Waals surface area (Å²) in [6, 6.07) is 26.1. The molecule has 1 aliphatic heterocycles. The van der Waals surface area contributed by atoms with Gasteiger partial charge in [-0.25, -0.2) is 0 Å². The van der Waals surface area contributed by atoms with Crippen LogP contribution in [0.1, 0.15) is 33.5 Å². The zero-order valence-corrected chi connectivity index (χ0v) is 18.3. The van der Waals surface area contributed by atoms with Gasteiger partial charge in [-0.2, -0.15) is 0 Å². The molecule has 1 aliphatic rings. The molecule has 2 heterocycles. The molecular weight excluding hydrogens is 412 g/mol. The first-order chi connectivity index (χ1) is 16.0. The van der Waals surface area contributed by atoms with E-state index in [9.17, 15) is 14.7 Å². The first-order valence-corrected chi connectivity index (χ1v) is 10.9. The van der Waals surface area contributed by atoms with Crippen molar-refractivity contribution in [3.05, 3.63) is 120 Å². The van der Waals surface area contributed by atoms with Gasteiger partial charge in [-0.15, -0.1) is 0 Å². The Morgan fingerprint density at radius 3 is 2.24 bits per heavy atom. The Labute approximate surface area is 192 Å². The van der Waals surface area contributed by atoms with Crippen molar-refractivity contribution < 1.29 is 14.7 Å². The van der Waals surface area contributed by atoms with Gasteiger partial charge >= 0.3 is 0 Å². The second-order valence-corrected chi connectivity index (χ2v) is 8.49. The van der Waals surface area contributed by atoms with Gasteiger partial charge < -0.3 is 14.6 Å². The Morgan fingerprint density at radius 2 is 1.55 bits per heavy atom. The number of benzene rings is 3.